The number of alkyl carbamates (subject to hydrolysis) is 1. The molecule has 1 N–H and O–H groups in total. The number of amides is 1. The molecule has 1 aromatic carbocycles. The van der Waals surface area contributed by atoms with Crippen molar-refractivity contribution < 1.29 is 19.1 Å². The van der Waals surface area contributed by atoms with E-state index < -0.39 is 5.60 Å². The van der Waals surface area contributed by atoms with E-state index in [4.69, 9.17) is 14.5 Å². The van der Waals surface area contributed by atoms with Crippen LogP contribution in [0.2, 0.25) is 0 Å². The third-order valence-electron chi connectivity index (χ3n) is 6.02. The summed E-state index contributed by atoms with van der Waals surface area (Å²) in [5.74, 6) is -0.360. The maximum absolute atomic E-state index is 12.1. The largest absolute Gasteiger partial charge is 0.465 e. The molecular formula is C28H37N3O4. The summed E-state index contributed by atoms with van der Waals surface area (Å²) in [5.41, 5.74) is 6.05. The van der Waals surface area contributed by atoms with Crippen LogP contribution in [0.1, 0.15) is 67.8 Å². The third-order valence-corrected chi connectivity index (χ3v) is 6.02. The van der Waals surface area contributed by atoms with Gasteiger partial charge in [-0.2, -0.15) is 0 Å². The van der Waals surface area contributed by atoms with Crippen molar-refractivity contribution in [2.24, 2.45) is 7.05 Å². The lowest BCUT2D eigenvalue weighted by atomic mass is 9.99. The Bertz CT molecular complexity index is 1220. The monoisotopic (exact) mass is 479 g/mol. The molecule has 0 fully saturated rings. The Morgan fingerprint density at radius 1 is 1.11 bits per heavy atom. The molecule has 0 aliphatic rings. The molecule has 0 atom stereocenters. The first kappa shape index (κ1) is 26.3. The molecule has 0 bridgehead atoms. The zero-order chi connectivity index (χ0) is 25.8. The lowest BCUT2D eigenvalue weighted by molar-refractivity contribution is 0.0525. The van der Waals surface area contributed by atoms with Gasteiger partial charge in [-0.3, -0.25) is 4.98 Å². The SMILES string of the molecule is CCc1cc(C(=O)OC)c(C)nc1-c1ccc2c(c1)cc(CCCCNC(=O)OC(C)(C)C)n2C. The molecule has 0 unspecified atom stereocenters. The van der Waals surface area contributed by atoms with Crippen LogP contribution >= 0.6 is 0 Å². The zero-order valence-corrected chi connectivity index (χ0v) is 21.9. The van der Waals surface area contributed by atoms with Crippen LogP contribution in [0, 0.1) is 6.92 Å². The minimum atomic E-state index is -0.485. The van der Waals surface area contributed by atoms with E-state index in [2.05, 4.69) is 48.1 Å². The maximum atomic E-state index is 12.1. The number of nitrogens with one attached hydrogen (secondary N) is 1. The lowest BCUT2D eigenvalue weighted by Crippen LogP contribution is -2.33. The van der Waals surface area contributed by atoms with E-state index in [1.54, 1.807) is 0 Å². The summed E-state index contributed by atoms with van der Waals surface area (Å²) < 4.78 is 12.4. The zero-order valence-electron chi connectivity index (χ0n) is 21.9. The highest BCUT2D eigenvalue weighted by molar-refractivity contribution is 5.92. The molecule has 2 aromatic heterocycles. The van der Waals surface area contributed by atoms with Crippen LogP contribution in [0.5, 0.6) is 0 Å². The van der Waals surface area contributed by atoms with E-state index in [0.29, 0.717) is 17.8 Å². The molecular weight excluding hydrogens is 442 g/mol. The molecule has 0 spiro atoms. The van der Waals surface area contributed by atoms with E-state index in [0.717, 1.165) is 53.4 Å². The number of hydrogen-bond acceptors (Lipinski definition) is 5. The van der Waals surface area contributed by atoms with Crippen molar-refractivity contribution in [2.75, 3.05) is 13.7 Å². The quantitative estimate of drug-likeness (QED) is 0.329. The van der Waals surface area contributed by atoms with E-state index in [9.17, 15) is 9.59 Å². The summed E-state index contributed by atoms with van der Waals surface area (Å²) in [6.45, 7) is 10.1. The van der Waals surface area contributed by atoms with Gasteiger partial charge in [-0.05, 0) is 83.2 Å². The van der Waals surface area contributed by atoms with Gasteiger partial charge < -0.3 is 19.4 Å². The molecule has 3 rings (SSSR count). The highest BCUT2D eigenvalue weighted by Crippen LogP contribution is 2.29. The number of aromatic nitrogens is 2. The molecule has 0 aliphatic carbocycles. The summed E-state index contributed by atoms with van der Waals surface area (Å²) in [4.78, 5) is 28.6. The van der Waals surface area contributed by atoms with Gasteiger partial charge in [0, 0.05) is 35.8 Å². The van der Waals surface area contributed by atoms with Crippen LogP contribution in [0.25, 0.3) is 22.2 Å². The van der Waals surface area contributed by atoms with E-state index in [1.807, 2.05) is 33.8 Å². The number of fused-ring (bicyclic) bond motifs is 1. The first-order valence-corrected chi connectivity index (χ1v) is 12.2. The topological polar surface area (TPSA) is 82.4 Å². The average Bonchev–Trinajstić information content (AvgIpc) is 3.11. The fourth-order valence-electron chi connectivity index (χ4n) is 4.21. The van der Waals surface area contributed by atoms with Crippen LogP contribution in [0.3, 0.4) is 0 Å². The van der Waals surface area contributed by atoms with Gasteiger partial charge in [-0.15, -0.1) is 0 Å². The number of carbonyl (C=O) groups is 2. The number of hydrogen-bond donors (Lipinski definition) is 1. The summed E-state index contributed by atoms with van der Waals surface area (Å²) in [5, 5.41) is 3.98. The number of esters is 1. The second-order valence-electron chi connectivity index (χ2n) is 9.83. The fraction of sp³-hybridized carbons (Fsp3) is 0.464. The number of pyridine rings is 1. The van der Waals surface area contributed by atoms with Crippen molar-refractivity contribution in [3.8, 4) is 11.3 Å². The van der Waals surface area contributed by atoms with E-state index in [1.165, 1.54) is 12.8 Å². The predicted molar refractivity (Wildman–Crippen MR) is 139 cm³/mol. The Morgan fingerprint density at radius 2 is 1.86 bits per heavy atom. The van der Waals surface area contributed by atoms with Gasteiger partial charge in [0.05, 0.1) is 24.1 Å². The Hall–Kier alpha value is -3.35. The number of ether oxygens (including phenoxy) is 2. The highest BCUT2D eigenvalue weighted by Gasteiger charge is 2.17. The molecule has 1 amide bonds. The van der Waals surface area contributed by atoms with Gasteiger partial charge in [0.15, 0.2) is 0 Å². The second kappa shape index (κ2) is 10.9. The first-order chi connectivity index (χ1) is 16.5. The van der Waals surface area contributed by atoms with Crippen LogP contribution in [-0.2, 0) is 29.4 Å². The fourth-order valence-corrected chi connectivity index (χ4v) is 4.21. The highest BCUT2D eigenvalue weighted by atomic mass is 16.6. The van der Waals surface area contributed by atoms with Gasteiger partial charge in [0.1, 0.15) is 5.60 Å². The van der Waals surface area contributed by atoms with Gasteiger partial charge >= 0.3 is 12.1 Å². The van der Waals surface area contributed by atoms with E-state index >= 15 is 0 Å². The lowest BCUT2D eigenvalue weighted by Gasteiger charge is -2.19. The molecule has 3 aromatic rings. The number of carbonyl (C=O) groups excluding carboxylic acids is 2. The average molecular weight is 480 g/mol. The summed E-state index contributed by atoms with van der Waals surface area (Å²) in [6.07, 6.45) is 3.15. The second-order valence-corrected chi connectivity index (χ2v) is 9.83. The number of nitrogens with zero attached hydrogens (tertiary/aromatic N) is 2. The molecule has 7 nitrogen and oxygen atoms in total. The molecule has 2 heterocycles. The van der Waals surface area contributed by atoms with Crippen molar-refractivity contribution in [1.29, 1.82) is 0 Å². The normalized spacial score (nSPS) is 11.5. The minimum absolute atomic E-state index is 0.360. The maximum Gasteiger partial charge on any atom is 0.407 e. The van der Waals surface area contributed by atoms with Crippen LogP contribution < -0.4 is 5.32 Å². The van der Waals surface area contributed by atoms with Crippen molar-refractivity contribution in [1.82, 2.24) is 14.9 Å². The van der Waals surface area contributed by atoms with E-state index in [-0.39, 0.29) is 12.1 Å². The molecule has 188 valence electrons. The molecule has 0 saturated heterocycles. The van der Waals surface area contributed by atoms with Crippen LogP contribution in [0.4, 0.5) is 4.79 Å². The Balaban J connectivity index is 1.73. The predicted octanol–water partition coefficient (Wildman–Crippen LogP) is 5.75. The summed E-state index contributed by atoms with van der Waals surface area (Å²) >= 11 is 0. The number of methoxy groups -OCH3 is 1. The first-order valence-electron chi connectivity index (χ1n) is 12.2. The molecule has 35 heavy (non-hydrogen) atoms. The van der Waals surface area contributed by atoms with Gasteiger partial charge in [0.25, 0.3) is 0 Å². The summed E-state index contributed by atoms with van der Waals surface area (Å²) in [7, 11) is 3.47. The standard InChI is InChI=1S/C28H37N3O4/c1-8-19-17-23(26(32)34-7)18(2)30-25(19)20-12-13-24-21(15-20)16-22(31(24)6)11-9-10-14-29-27(33)35-28(3,4)5/h12-13,15-17H,8-11,14H2,1-7H3,(H,29,33). The molecule has 0 saturated carbocycles. The molecule has 0 aliphatic heterocycles. The van der Waals surface area contributed by atoms with Crippen molar-refractivity contribution in [2.45, 2.75) is 65.9 Å². The number of benzene rings is 1. The van der Waals surface area contributed by atoms with Gasteiger partial charge in [-0.25, -0.2) is 9.59 Å². The molecule has 7 heteroatoms. The minimum Gasteiger partial charge on any atom is -0.465 e. The Kier molecular flexibility index (Phi) is 8.20. The van der Waals surface area contributed by atoms with Crippen molar-refractivity contribution in [3.05, 3.63) is 52.8 Å². The number of unbranched alkanes of at least 4 members (excludes halogenated alkanes) is 1. The van der Waals surface area contributed by atoms with Gasteiger partial charge in [0.2, 0.25) is 0 Å². The third kappa shape index (κ3) is 6.41. The molecule has 0 radical (unpaired) electrons. The van der Waals surface area contributed by atoms with Crippen molar-refractivity contribution >= 4 is 23.0 Å². The Morgan fingerprint density at radius 3 is 2.51 bits per heavy atom. The van der Waals surface area contributed by atoms with Crippen LogP contribution in [-0.4, -0.2) is 40.9 Å². The smallest absolute Gasteiger partial charge is 0.407 e. The van der Waals surface area contributed by atoms with Crippen LogP contribution in [0.15, 0.2) is 30.3 Å². The number of aryl methyl sites for hydroxylation is 4. The van der Waals surface area contributed by atoms with Crippen molar-refractivity contribution in [3.63, 3.8) is 0 Å². The number of rotatable bonds is 8. The Labute approximate surface area is 207 Å². The van der Waals surface area contributed by atoms with Gasteiger partial charge in [-0.1, -0.05) is 13.0 Å². The summed E-state index contributed by atoms with van der Waals surface area (Å²) in [6, 6.07) is 10.5.